The van der Waals surface area contributed by atoms with E-state index in [0.29, 0.717) is 13.1 Å². The molecule has 2 rings (SSSR count). The van der Waals surface area contributed by atoms with Gasteiger partial charge in [-0.25, -0.2) is 0 Å². The molecule has 1 aliphatic rings. The Morgan fingerprint density at radius 2 is 1.95 bits per heavy atom. The van der Waals surface area contributed by atoms with Crippen LogP contribution in [0.15, 0.2) is 24.3 Å². The van der Waals surface area contributed by atoms with Crippen LogP contribution in [0, 0.1) is 5.92 Å². The highest BCUT2D eigenvalue weighted by Gasteiger charge is 2.33. The molecule has 0 aliphatic carbocycles. The maximum Gasteiger partial charge on any atom is 0.416 e. The minimum absolute atomic E-state index is 0. The van der Waals surface area contributed by atoms with Crippen LogP contribution in [-0.4, -0.2) is 19.0 Å². The Hall–Kier alpha value is -1.27. The van der Waals surface area contributed by atoms with Crippen molar-refractivity contribution in [3.05, 3.63) is 35.4 Å². The normalized spacial score (nSPS) is 15.3. The molecule has 19 heavy (non-hydrogen) atoms. The summed E-state index contributed by atoms with van der Waals surface area (Å²) in [6.07, 6.45) is -4.39. The van der Waals surface area contributed by atoms with Gasteiger partial charge in [0.05, 0.1) is 11.5 Å². The lowest BCUT2D eigenvalue weighted by molar-refractivity contribution is -0.138. The molecule has 1 amide bonds. The molecule has 1 aromatic carbocycles. The highest BCUT2D eigenvalue weighted by molar-refractivity contribution is 5.85. The SMILES string of the molecule is Cl.O=C(NCc1ccccc1C(F)(F)F)C1CNC1. The lowest BCUT2D eigenvalue weighted by Crippen LogP contribution is -2.50. The molecular formula is C12H14ClF3N2O. The van der Waals surface area contributed by atoms with Gasteiger partial charge >= 0.3 is 6.18 Å². The molecule has 0 atom stereocenters. The van der Waals surface area contributed by atoms with Gasteiger partial charge in [-0.05, 0) is 11.6 Å². The zero-order chi connectivity index (χ0) is 13.2. The lowest BCUT2D eigenvalue weighted by Gasteiger charge is -2.26. The molecule has 106 valence electrons. The van der Waals surface area contributed by atoms with Crippen molar-refractivity contribution in [2.45, 2.75) is 12.7 Å². The third-order valence-corrected chi connectivity index (χ3v) is 2.93. The van der Waals surface area contributed by atoms with Crippen LogP contribution >= 0.6 is 12.4 Å². The number of nitrogens with one attached hydrogen (secondary N) is 2. The zero-order valence-corrected chi connectivity index (χ0v) is 10.8. The van der Waals surface area contributed by atoms with Crippen LogP contribution in [0.4, 0.5) is 13.2 Å². The van der Waals surface area contributed by atoms with Gasteiger partial charge in [0.1, 0.15) is 0 Å². The van der Waals surface area contributed by atoms with Crippen LogP contribution in [0.2, 0.25) is 0 Å². The van der Waals surface area contributed by atoms with Gasteiger partial charge in [0.15, 0.2) is 0 Å². The number of benzene rings is 1. The molecule has 2 N–H and O–H groups in total. The van der Waals surface area contributed by atoms with Crippen molar-refractivity contribution in [2.75, 3.05) is 13.1 Å². The summed E-state index contributed by atoms with van der Waals surface area (Å²) < 4.78 is 38.1. The van der Waals surface area contributed by atoms with E-state index in [-0.39, 0.29) is 36.3 Å². The summed E-state index contributed by atoms with van der Waals surface area (Å²) in [4.78, 5) is 11.5. The van der Waals surface area contributed by atoms with E-state index in [1.54, 1.807) is 0 Å². The smallest absolute Gasteiger partial charge is 0.352 e. The van der Waals surface area contributed by atoms with Gasteiger partial charge in [-0.1, -0.05) is 18.2 Å². The summed E-state index contributed by atoms with van der Waals surface area (Å²) >= 11 is 0. The van der Waals surface area contributed by atoms with Gasteiger partial charge < -0.3 is 10.6 Å². The number of rotatable bonds is 3. The number of amides is 1. The van der Waals surface area contributed by atoms with Crippen molar-refractivity contribution in [2.24, 2.45) is 5.92 Å². The Balaban J connectivity index is 0.00000180. The second-order valence-electron chi connectivity index (χ2n) is 4.23. The molecule has 1 aromatic rings. The molecule has 0 aromatic heterocycles. The molecule has 1 saturated heterocycles. The van der Waals surface area contributed by atoms with E-state index in [4.69, 9.17) is 0 Å². The average Bonchev–Trinajstić information content (AvgIpc) is 2.23. The number of halogens is 4. The fourth-order valence-corrected chi connectivity index (χ4v) is 1.75. The first-order valence-electron chi connectivity index (χ1n) is 5.62. The third-order valence-electron chi connectivity index (χ3n) is 2.93. The highest BCUT2D eigenvalue weighted by atomic mass is 35.5. The maximum absolute atomic E-state index is 12.7. The summed E-state index contributed by atoms with van der Waals surface area (Å²) in [6.45, 7) is 1.09. The predicted octanol–water partition coefficient (Wildman–Crippen LogP) is 1.96. The first-order chi connectivity index (χ1) is 8.48. The molecular weight excluding hydrogens is 281 g/mol. The van der Waals surface area contributed by atoms with Crippen LogP contribution in [-0.2, 0) is 17.5 Å². The fourth-order valence-electron chi connectivity index (χ4n) is 1.75. The molecule has 3 nitrogen and oxygen atoms in total. The van der Waals surface area contributed by atoms with Crippen molar-refractivity contribution < 1.29 is 18.0 Å². The average molecular weight is 295 g/mol. The Bertz CT molecular complexity index is 447. The van der Waals surface area contributed by atoms with Gasteiger partial charge in [0.25, 0.3) is 0 Å². The van der Waals surface area contributed by atoms with Crippen LogP contribution in [0.1, 0.15) is 11.1 Å². The maximum atomic E-state index is 12.7. The van der Waals surface area contributed by atoms with Gasteiger partial charge in [-0.2, -0.15) is 13.2 Å². The minimum Gasteiger partial charge on any atom is -0.352 e. The standard InChI is InChI=1S/C12H13F3N2O.ClH/c13-12(14,15)10-4-2-1-3-8(10)7-17-11(18)9-5-16-6-9;/h1-4,9,16H,5-7H2,(H,17,18);1H. The van der Waals surface area contributed by atoms with Crippen molar-refractivity contribution in [1.82, 2.24) is 10.6 Å². The van der Waals surface area contributed by atoms with E-state index in [1.807, 2.05) is 0 Å². The summed E-state index contributed by atoms with van der Waals surface area (Å²) in [5.41, 5.74) is -0.609. The van der Waals surface area contributed by atoms with Crippen molar-refractivity contribution in [3.63, 3.8) is 0 Å². The molecule has 0 spiro atoms. The number of carbonyl (C=O) groups is 1. The van der Waals surface area contributed by atoms with Crippen molar-refractivity contribution in [3.8, 4) is 0 Å². The van der Waals surface area contributed by atoms with E-state index in [0.717, 1.165) is 6.07 Å². The first-order valence-corrected chi connectivity index (χ1v) is 5.62. The van der Waals surface area contributed by atoms with E-state index in [9.17, 15) is 18.0 Å². The van der Waals surface area contributed by atoms with Crippen LogP contribution in [0.3, 0.4) is 0 Å². The Morgan fingerprint density at radius 3 is 2.47 bits per heavy atom. The second-order valence-corrected chi connectivity index (χ2v) is 4.23. The van der Waals surface area contributed by atoms with Crippen LogP contribution < -0.4 is 10.6 Å². The van der Waals surface area contributed by atoms with Gasteiger partial charge in [0.2, 0.25) is 5.91 Å². The summed E-state index contributed by atoms with van der Waals surface area (Å²) in [5, 5.41) is 5.47. The fraction of sp³-hybridized carbons (Fsp3) is 0.417. The molecule has 1 aliphatic heterocycles. The molecule has 1 fully saturated rings. The Morgan fingerprint density at radius 1 is 1.32 bits per heavy atom. The minimum atomic E-state index is -4.39. The van der Waals surface area contributed by atoms with E-state index < -0.39 is 11.7 Å². The van der Waals surface area contributed by atoms with Gasteiger partial charge in [0, 0.05) is 19.6 Å². The molecule has 0 unspecified atom stereocenters. The number of carbonyl (C=O) groups excluding carboxylic acids is 1. The largest absolute Gasteiger partial charge is 0.416 e. The van der Waals surface area contributed by atoms with Crippen LogP contribution in [0.5, 0.6) is 0 Å². The number of hydrogen-bond acceptors (Lipinski definition) is 2. The van der Waals surface area contributed by atoms with Crippen molar-refractivity contribution >= 4 is 18.3 Å². The summed E-state index contributed by atoms with van der Waals surface area (Å²) in [7, 11) is 0. The number of hydrogen-bond donors (Lipinski definition) is 2. The first kappa shape index (κ1) is 15.8. The van der Waals surface area contributed by atoms with E-state index in [1.165, 1.54) is 18.2 Å². The quantitative estimate of drug-likeness (QED) is 0.895. The molecule has 0 saturated carbocycles. The molecule has 0 radical (unpaired) electrons. The lowest BCUT2D eigenvalue weighted by atomic mass is 10.0. The summed E-state index contributed by atoms with van der Waals surface area (Å²) in [5.74, 6) is -0.325. The predicted molar refractivity (Wildman–Crippen MR) is 66.9 cm³/mol. The summed E-state index contributed by atoms with van der Waals surface area (Å²) in [6, 6.07) is 5.26. The van der Waals surface area contributed by atoms with Gasteiger partial charge in [-0.3, -0.25) is 4.79 Å². The monoisotopic (exact) mass is 294 g/mol. The highest BCUT2D eigenvalue weighted by Crippen LogP contribution is 2.31. The van der Waals surface area contributed by atoms with Crippen molar-refractivity contribution in [1.29, 1.82) is 0 Å². The van der Waals surface area contributed by atoms with E-state index in [2.05, 4.69) is 10.6 Å². The van der Waals surface area contributed by atoms with Gasteiger partial charge in [-0.15, -0.1) is 12.4 Å². The zero-order valence-electron chi connectivity index (χ0n) is 9.96. The topological polar surface area (TPSA) is 41.1 Å². The Kier molecular flexibility index (Phi) is 5.20. The molecule has 7 heteroatoms. The molecule has 0 bridgehead atoms. The van der Waals surface area contributed by atoms with Crippen LogP contribution in [0.25, 0.3) is 0 Å². The number of alkyl halides is 3. The molecule has 1 heterocycles. The second kappa shape index (κ2) is 6.25. The van der Waals surface area contributed by atoms with E-state index >= 15 is 0 Å². The Labute approximate surface area is 115 Å². The third kappa shape index (κ3) is 3.84.